The molecule has 0 radical (unpaired) electrons. The number of rotatable bonds is 11. The minimum atomic E-state index is -0.301. The quantitative estimate of drug-likeness (QED) is 0.0933. The molecule has 4 N–H and O–H groups in total. The van der Waals surface area contributed by atoms with Crippen LogP contribution in [0.4, 0.5) is 27.4 Å². The average Bonchev–Trinajstić information content (AvgIpc) is 3.26. The van der Waals surface area contributed by atoms with Crippen molar-refractivity contribution in [3.63, 3.8) is 0 Å². The Bertz CT molecular complexity index is 2340. The number of ether oxygens (including phenoxy) is 2. The van der Waals surface area contributed by atoms with Gasteiger partial charge >= 0.3 is 0 Å². The fraction of sp³-hybridized carbons (Fsp3) is 0.227. The highest BCUT2D eigenvalue weighted by atomic mass is 32.1. The zero-order chi connectivity index (χ0) is 40.4. The molecule has 0 saturated carbocycles. The Balaban J connectivity index is 0.785. The first-order valence-corrected chi connectivity index (χ1v) is 20.3. The van der Waals surface area contributed by atoms with Crippen LogP contribution < -0.4 is 40.5 Å². The number of pyridine rings is 4. The van der Waals surface area contributed by atoms with Crippen molar-refractivity contribution in [1.82, 2.24) is 30.6 Å². The molecule has 2 aromatic carbocycles. The van der Waals surface area contributed by atoms with E-state index in [4.69, 9.17) is 38.9 Å². The molecule has 6 heterocycles. The van der Waals surface area contributed by atoms with E-state index in [-0.39, 0.29) is 17.9 Å². The second-order valence-corrected chi connectivity index (χ2v) is 15.1. The minimum Gasteiger partial charge on any atom is -0.457 e. The SMILES string of the molecule is Fc1ccc(Oc2ccnc(N3CCC(NC(=S)Nc4ccc(-c5cccc(Oc6ccnc(N7CCC(NC(=S)Nc8cccnc8)CC7)c6)c5)nc4)CC3)c2)cc1. The average molecular weight is 827 g/mol. The van der Waals surface area contributed by atoms with Crippen LogP contribution in [0.2, 0.25) is 0 Å². The van der Waals surface area contributed by atoms with Crippen LogP contribution in [0.15, 0.2) is 128 Å². The first-order valence-electron chi connectivity index (χ1n) is 19.5. The number of nitrogens with one attached hydrogen (secondary N) is 4. The third-order valence-electron chi connectivity index (χ3n) is 10.1. The molecule has 59 heavy (non-hydrogen) atoms. The Hall–Kier alpha value is -6.45. The number of aromatic nitrogens is 4. The number of benzene rings is 2. The van der Waals surface area contributed by atoms with Crippen molar-refractivity contribution in [2.75, 3.05) is 46.6 Å². The lowest BCUT2D eigenvalue weighted by atomic mass is 10.1. The van der Waals surface area contributed by atoms with Crippen molar-refractivity contribution in [2.45, 2.75) is 37.8 Å². The van der Waals surface area contributed by atoms with Gasteiger partial charge in [0.1, 0.15) is 40.5 Å². The number of piperidine rings is 2. The molecule has 0 bridgehead atoms. The normalized spacial score (nSPS) is 14.6. The van der Waals surface area contributed by atoms with Gasteiger partial charge in [0, 0.05) is 74.5 Å². The summed E-state index contributed by atoms with van der Waals surface area (Å²) in [6, 6.07) is 29.7. The van der Waals surface area contributed by atoms with Crippen LogP contribution in [-0.4, -0.2) is 68.4 Å². The highest BCUT2D eigenvalue weighted by Crippen LogP contribution is 2.30. The molecule has 0 atom stereocenters. The minimum absolute atomic E-state index is 0.219. The van der Waals surface area contributed by atoms with Gasteiger partial charge in [-0.1, -0.05) is 12.1 Å². The lowest BCUT2D eigenvalue weighted by Gasteiger charge is -2.33. The Labute approximate surface area is 353 Å². The van der Waals surface area contributed by atoms with Gasteiger partial charge in [-0.05, 0) is 123 Å². The van der Waals surface area contributed by atoms with Crippen LogP contribution in [0.1, 0.15) is 25.7 Å². The largest absolute Gasteiger partial charge is 0.457 e. The molecule has 8 rings (SSSR count). The van der Waals surface area contributed by atoms with Crippen molar-refractivity contribution in [1.29, 1.82) is 0 Å². The number of anilines is 4. The van der Waals surface area contributed by atoms with E-state index in [1.165, 1.54) is 12.1 Å². The number of thiocarbonyl (C=S) groups is 2. The van der Waals surface area contributed by atoms with Gasteiger partial charge in [0.2, 0.25) is 0 Å². The second-order valence-electron chi connectivity index (χ2n) is 14.3. The van der Waals surface area contributed by atoms with Crippen molar-refractivity contribution in [3.8, 4) is 34.3 Å². The predicted molar refractivity (Wildman–Crippen MR) is 238 cm³/mol. The maximum absolute atomic E-state index is 13.3. The molecule has 2 aliphatic heterocycles. The van der Waals surface area contributed by atoms with Crippen molar-refractivity contribution in [2.24, 2.45) is 0 Å². The van der Waals surface area contributed by atoms with Crippen LogP contribution in [-0.2, 0) is 0 Å². The maximum atomic E-state index is 13.3. The second kappa shape index (κ2) is 18.9. The Kier molecular flexibility index (Phi) is 12.6. The number of hydrogen-bond acceptors (Lipinski definition) is 10. The van der Waals surface area contributed by atoms with Gasteiger partial charge in [0.25, 0.3) is 0 Å². The molecule has 300 valence electrons. The standard InChI is InChI=1S/C44H43FN10O2S2/c45-31-6-9-36(10-7-31)56-38-12-19-47-41(26-38)54-21-16-33(17-22-54)51-44(59)53-35-8-11-40(49-29-35)30-3-1-5-37(25-30)57-39-13-20-48-42(27-39)55-23-14-32(15-24-55)50-43(58)52-34-4-2-18-46-28-34/h1-13,18-20,25-29,32-33H,14-17,21-24H2,(H2,50,52,58)(H2,51,53,59). The van der Waals surface area contributed by atoms with E-state index in [9.17, 15) is 4.39 Å². The zero-order valence-corrected chi connectivity index (χ0v) is 33.8. The third-order valence-corrected chi connectivity index (χ3v) is 10.5. The molecule has 0 amide bonds. The molecule has 6 aromatic rings. The first-order chi connectivity index (χ1) is 28.9. The number of hydrogen-bond donors (Lipinski definition) is 4. The summed E-state index contributed by atoms with van der Waals surface area (Å²) in [7, 11) is 0. The van der Waals surface area contributed by atoms with E-state index in [1.807, 2.05) is 66.7 Å². The maximum Gasteiger partial charge on any atom is 0.171 e. The summed E-state index contributed by atoms with van der Waals surface area (Å²) in [5.74, 6) is 4.07. The summed E-state index contributed by atoms with van der Waals surface area (Å²) < 4.78 is 25.5. The van der Waals surface area contributed by atoms with Gasteiger partial charge in [-0.3, -0.25) is 9.97 Å². The molecule has 0 aliphatic carbocycles. The summed E-state index contributed by atoms with van der Waals surface area (Å²) in [5, 5.41) is 14.5. The van der Waals surface area contributed by atoms with E-state index >= 15 is 0 Å². The summed E-state index contributed by atoms with van der Waals surface area (Å²) in [6.45, 7) is 3.33. The van der Waals surface area contributed by atoms with E-state index in [2.05, 4.69) is 46.0 Å². The summed E-state index contributed by atoms with van der Waals surface area (Å²) in [5.41, 5.74) is 3.41. The smallest absolute Gasteiger partial charge is 0.171 e. The van der Waals surface area contributed by atoms with Gasteiger partial charge in [-0.25, -0.2) is 14.4 Å². The van der Waals surface area contributed by atoms with E-state index in [0.717, 1.165) is 86.1 Å². The Morgan fingerprint density at radius 3 is 1.71 bits per heavy atom. The summed E-state index contributed by atoms with van der Waals surface area (Å²) in [6.07, 6.45) is 12.4. The molecule has 0 spiro atoms. The molecule has 2 fully saturated rings. The van der Waals surface area contributed by atoms with Gasteiger partial charge in [0.05, 0.1) is 29.5 Å². The molecular formula is C44H43FN10O2S2. The summed E-state index contributed by atoms with van der Waals surface area (Å²) in [4.78, 5) is 22.5. The van der Waals surface area contributed by atoms with E-state index in [0.29, 0.717) is 33.2 Å². The highest BCUT2D eigenvalue weighted by molar-refractivity contribution is 7.80. The van der Waals surface area contributed by atoms with Gasteiger partial charge in [-0.15, -0.1) is 0 Å². The van der Waals surface area contributed by atoms with Crippen LogP contribution in [0.3, 0.4) is 0 Å². The van der Waals surface area contributed by atoms with Crippen LogP contribution in [0, 0.1) is 5.82 Å². The topological polar surface area (TPSA) is 125 Å². The monoisotopic (exact) mass is 826 g/mol. The molecule has 4 aromatic heterocycles. The summed E-state index contributed by atoms with van der Waals surface area (Å²) >= 11 is 11.2. The van der Waals surface area contributed by atoms with Crippen molar-refractivity contribution >= 4 is 57.7 Å². The van der Waals surface area contributed by atoms with Gasteiger partial charge in [0.15, 0.2) is 10.2 Å². The molecule has 2 saturated heterocycles. The van der Waals surface area contributed by atoms with Gasteiger partial charge < -0.3 is 40.5 Å². The van der Waals surface area contributed by atoms with E-state index in [1.54, 1.807) is 49.2 Å². The molecule has 2 aliphatic rings. The lowest BCUT2D eigenvalue weighted by Crippen LogP contribution is -2.46. The molecule has 12 nitrogen and oxygen atoms in total. The van der Waals surface area contributed by atoms with Crippen molar-refractivity contribution < 1.29 is 13.9 Å². The Morgan fingerprint density at radius 2 is 1.15 bits per heavy atom. The molecule has 0 unspecified atom stereocenters. The Morgan fingerprint density at radius 1 is 0.576 bits per heavy atom. The molecule has 15 heteroatoms. The van der Waals surface area contributed by atoms with Crippen molar-refractivity contribution in [3.05, 3.63) is 134 Å². The fourth-order valence-corrected chi connectivity index (χ4v) is 7.62. The third kappa shape index (κ3) is 10.9. The lowest BCUT2D eigenvalue weighted by molar-refractivity contribution is 0.462. The van der Waals surface area contributed by atoms with Crippen LogP contribution >= 0.6 is 24.4 Å². The predicted octanol–water partition coefficient (Wildman–Crippen LogP) is 8.57. The van der Waals surface area contributed by atoms with Gasteiger partial charge in [-0.2, -0.15) is 0 Å². The van der Waals surface area contributed by atoms with E-state index < -0.39 is 0 Å². The first kappa shape index (κ1) is 39.4. The van der Waals surface area contributed by atoms with Crippen LogP contribution in [0.5, 0.6) is 23.0 Å². The molecular weight excluding hydrogens is 784 g/mol. The van der Waals surface area contributed by atoms with Crippen LogP contribution in [0.25, 0.3) is 11.3 Å². The number of nitrogens with zero attached hydrogens (tertiary/aromatic N) is 6. The highest BCUT2D eigenvalue weighted by Gasteiger charge is 2.23. The number of halogens is 1. The fourth-order valence-electron chi connectivity index (χ4n) is 7.05. The zero-order valence-electron chi connectivity index (χ0n) is 32.1.